The molecule has 0 unspecified atom stereocenters. The number of hydrogen-bond acceptors (Lipinski definition) is 3. The topological polar surface area (TPSA) is 58.6 Å². The van der Waals surface area contributed by atoms with E-state index in [-0.39, 0.29) is 12.5 Å². The summed E-state index contributed by atoms with van der Waals surface area (Å²) in [5.41, 5.74) is 1.44. The minimum Gasteiger partial charge on any atom is -0.384 e. The maximum atomic E-state index is 11.4. The fraction of sp³-hybridized carbons (Fsp3) is 0.308. The summed E-state index contributed by atoms with van der Waals surface area (Å²) in [4.78, 5) is 11.4. The summed E-state index contributed by atoms with van der Waals surface area (Å²) >= 11 is 0. The number of anilines is 1. The molecule has 0 spiro atoms. The van der Waals surface area contributed by atoms with E-state index in [1.54, 1.807) is 25.3 Å². The molecule has 2 N–H and O–H groups in total. The van der Waals surface area contributed by atoms with Crippen LogP contribution in [-0.4, -0.2) is 31.3 Å². The van der Waals surface area contributed by atoms with Crippen molar-refractivity contribution in [3.63, 3.8) is 0 Å². The molecule has 17 heavy (non-hydrogen) atoms. The van der Waals surface area contributed by atoms with E-state index in [0.717, 1.165) is 5.56 Å². The van der Waals surface area contributed by atoms with Crippen LogP contribution in [0.3, 0.4) is 0 Å². The van der Waals surface area contributed by atoms with Gasteiger partial charge >= 0.3 is 0 Å². The number of carbonyl (C=O) groups excluding carboxylic acids is 1. The Morgan fingerprint density at radius 1 is 1.53 bits per heavy atom. The molecule has 1 aromatic carbocycles. The monoisotopic (exact) mass is 233 g/mol. The van der Waals surface area contributed by atoms with E-state index >= 15 is 0 Å². The van der Waals surface area contributed by atoms with Gasteiger partial charge in [0.15, 0.2) is 0 Å². The largest absolute Gasteiger partial charge is 0.384 e. The summed E-state index contributed by atoms with van der Waals surface area (Å²) < 4.78 is 4.82. The molecule has 0 radical (unpaired) electrons. The molecule has 90 valence electrons. The van der Waals surface area contributed by atoms with Crippen LogP contribution in [0.25, 0.3) is 0 Å². The fourth-order valence-electron chi connectivity index (χ4n) is 1.23. The summed E-state index contributed by atoms with van der Waals surface area (Å²) in [7, 11) is 1.55. The molecular weight excluding hydrogens is 218 g/mol. The first-order valence-electron chi connectivity index (χ1n) is 5.25. The van der Waals surface area contributed by atoms with E-state index in [9.17, 15) is 4.79 Å². The lowest BCUT2D eigenvalue weighted by Gasteiger charge is -2.04. The number of aliphatic hydroxyl groups excluding tert-OH is 1. The molecule has 0 heterocycles. The number of rotatable bonds is 4. The highest BCUT2D eigenvalue weighted by atomic mass is 16.5. The van der Waals surface area contributed by atoms with Crippen LogP contribution in [0.15, 0.2) is 24.3 Å². The molecule has 0 bridgehead atoms. The highest BCUT2D eigenvalue weighted by Gasteiger charge is 2.01. The van der Waals surface area contributed by atoms with Gasteiger partial charge in [0.25, 0.3) is 0 Å². The average molecular weight is 233 g/mol. The Labute approximate surface area is 101 Å². The number of hydrogen-bond donors (Lipinski definition) is 2. The van der Waals surface area contributed by atoms with E-state index in [4.69, 9.17) is 9.84 Å². The Kier molecular flexibility index (Phi) is 5.80. The van der Waals surface area contributed by atoms with Crippen molar-refractivity contribution in [2.24, 2.45) is 0 Å². The van der Waals surface area contributed by atoms with Crippen LogP contribution in [0.1, 0.15) is 12.0 Å². The third-order valence-corrected chi connectivity index (χ3v) is 1.99. The van der Waals surface area contributed by atoms with Crippen molar-refractivity contribution in [2.75, 3.05) is 25.6 Å². The van der Waals surface area contributed by atoms with Gasteiger partial charge in [-0.05, 0) is 18.2 Å². The molecular formula is C13H15NO3. The second-order valence-corrected chi connectivity index (χ2v) is 3.33. The van der Waals surface area contributed by atoms with Gasteiger partial charge < -0.3 is 15.2 Å². The third kappa shape index (κ3) is 5.16. The zero-order valence-electron chi connectivity index (χ0n) is 9.69. The normalized spacial score (nSPS) is 9.29. The second-order valence-electron chi connectivity index (χ2n) is 3.33. The highest BCUT2D eigenvalue weighted by Crippen LogP contribution is 2.10. The van der Waals surface area contributed by atoms with Gasteiger partial charge in [0.1, 0.15) is 6.61 Å². The Morgan fingerprint density at radius 2 is 2.35 bits per heavy atom. The number of benzene rings is 1. The molecule has 0 aliphatic rings. The molecule has 0 fully saturated rings. The van der Waals surface area contributed by atoms with Gasteiger partial charge in [-0.3, -0.25) is 4.79 Å². The van der Waals surface area contributed by atoms with Gasteiger partial charge in [0.05, 0.1) is 13.0 Å². The standard InChI is InChI=1S/C13H15NO3/c1-17-9-7-13(16)14-12-6-2-4-11(10-12)5-3-8-15/h2,4,6,10,15H,7-9H2,1H3,(H,14,16). The number of methoxy groups -OCH3 is 1. The number of aliphatic hydroxyl groups is 1. The molecule has 1 aromatic rings. The second kappa shape index (κ2) is 7.44. The number of ether oxygens (including phenoxy) is 1. The van der Waals surface area contributed by atoms with Crippen molar-refractivity contribution < 1.29 is 14.6 Å². The Morgan fingerprint density at radius 3 is 3.06 bits per heavy atom. The van der Waals surface area contributed by atoms with Crippen LogP contribution in [0.4, 0.5) is 5.69 Å². The van der Waals surface area contributed by atoms with E-state index in [0.29, 0.717) is 18.7 Å². The molecule has 0 aliphatic carbocycles. The average Bonchev–Trinajstić information content (AvgIpc) is 2.34. The van der Waals surface area contributed by atoms with Crippen molar-refractivity contribution in [1.82, 2.24) is 0 Å². The maximum absolute atomic E-state index is 11.4. The molecule has 0 aromatic heterocycles. The van der Waals surface area contributed by atoms with Crippen molar-refractivity contribution >= 4 is 11.6 Å². The van der Waals surface area contributed by atoms with Gasteiger partial charge in [0.2, 0.25) is 5.91 Å². The van der Waals surface area contributed by atoms with Crippen molar-refractivity contribution in [3.05, 3.63) is 29.8 Å². The molecule has 0 aliphatic heterocycles. The predicted molar refractivity (Wildman–Crippen MR) is 65.5 cm³/mol. The van der Waals surface area contributed by atoms with Crippen LogP contribution in [0, 0.1) is 11.8 Å². The lowest BCUT2D eigenvalue weighted by Crippen LogP contribution is -2.13. The zero-order chi connectivity index (χ0) is 12.5. The summed E-state index contributed by atoms with van der Waals surface area (Å²) in [5, 5.41) is 11.3. The van der Waals surface area contributed by atoms with Crippen LogP contribution >= 0.6 is 0 Å². The SMILES string of the molecule is COCCC(=O)Nc1cccc(C#CCO)c1. The van der Waals surface area contributed by atoms with E-state index in [1.807, 2.05) is 6.07 Å². The fourth-order valence-corrected chi connectivity index (χ4v) is 1.23. The number of carbonyl (C=O) groups is 1. The summed E-state index contributed by atoms with van der Waals surface area (Å²) in [6.45, 7) is 0.222. The van der Waals surface area contributed by atoms with Crippen molar-refractivity contribution in [2.45, 2.75) is 6.42 Å². The number of nitrogens with one attached hydrogen (secondary N) is 1. The minimum absolute atomic E-state index is 0.0980. The summed E-state index contributed by atoms with van der Waals surface area (Å²) in [6, 6.07) is 7.16. The van der Waals surface area contributed by atoms with E-state index in [2.05, 4.69) is 17.2 Å². The summed E-state index contributed by atoms with van der Waals surface area (Å²) in [6.07, 6.45) is 0.322. The van der Waals surface area contributed by atoms with Crippen molar-refractivity contribution in [1.29, 1.82) is 0 Å². The Hall–Kier alpha value is -1.83. The third-order valence-electron chi connectivity index (χ3n) is 1.99. The van der Waals surface area contributed by atoms with Crippen molar-refractivity contribution in [3.8, 4) is 11.8 Å². The molecule has 4 heteroatoms. The minimum atomic E-state index is -0.176. The van der Waals surface area contributed by atoms with Crippen LogP contribution in [0.2, 0.25) is 0 Å². The predicted octanol–water partition coefficient (Wildman–Crippen LogP) is 1.01. The van der Waals surface area contributed by atoms with Crippen LogP contribution in [-0.2, 0) is 9.53 Å². The first kappa shape index (κ1) is 13.2. The lowest BCUT2D eigenvalue weighted by molar-refractivity contribution is -0.117. The number of amides is 1. The molecule has 0 saturated heterocycles. The Balaban J connectivity index is 2.62. The van der Waals surface area contributed by atoms with E-state index in [1.165, 1.54) is 0 Å². The summed E-state index contributed by atoms with van der Waals surface area (Å²) in [5.74, 6) is 5.23. The van der Waals surface area contributed by atoms with Gasteiger partial charge in [-0.25, -0.2) is 0 Å². The van der Waals surface area contributed by atoms with Crippen LogP contribution < -0.4 is 5.32 Å². The van der Waals surface area contributed by atoms with Gasteiger partial charge in [-0.1, -0.05) is 17.9 Å². The van der Waals surface area contributed by atoms with Gasteiger partial charge in [0, 0.05) is 18.4 Å². The molecule has 0 atom stereocenters. The Bertz CT molecular complexity index is 432. The smallest absolute Gasteiger partial charge is 0.226 e. The first-order valence-corrected chi connectivity index (χ1v) is 5.25. The van der Waals surface area contributed by atoms with Gasteiger partial charge in [-0.2, -0.15) is 0 Å². The maximum Gasteiger partial charge on any atom is 0.226 e. The quantitative estimate of drug-likeness (QED) is 0.763. The van der Waals surface area contributed by atoms with Gasteiger partial charge in [-0.15, -0.1) is 0 Å². The van der Waals surface area contributed by atoms with E-state index < -0.39 is 0 Å². The molecule has 0 saturated carbocycles. The van der Waals surface area contributed by atoms with Crippen LogP contribution in [0.5, 0.6) is 0 Å². The lowest BCUT2D eigenvalue weighted by atomic mass is 10.2. The molecule has 1 amide bonds. The molecule has 4 nitrogen and oxygen atoms in total. The highest BCUT2D eigenvalue weighted by molar-refractivity contribution is 5.90. The molecule has 1 rings (SSSR count). The zero-order valence-corrected chi connectivity index (χ0v) is 9.69. The first-order chi connectivity index (χ1) is 8.26.